The summed E-state index contributed by atoms with van der Waals surface area (Å²) in [4.78, 5) is 0. The van der Waals surface area contributed by atoms with Gasteiger partial charge in [0, 0.05) is 29.4 Å². The predicted molar refractivity (Wildman–Crippen MR) is 71.0 cm³/mol. The van der Waals surface area contributed by atoms with Crippen LogP contribution in [0.1, 0.15) is 5.56 Å². The highest BCUT2D eigenvalue weighted by atomic mass is 35.5. The fourth-order valence-electron chi connectivity index (χ4n) is 1.19. The summed E-state index contributed by atoms with van der Waals surface area (Å²) in [6.45, 7) is 1.47. The average Bonchev–Trinajstić information content (AvgIpc) is 2.28. The standard InChI is InChI=1S/C12H14ClNOS/c1-2-6-16-7-5-14-9-10-8-11(13)3-4-12(10)15/h1,3-4,8,14-15H,5-7,9H2. The van der Waals surface area contributed by atoms with E-state index in [-0.39, 0.29) is 5.75 Å². The normalized spacial score (nSPS) is 10.0. The molecule has 0 aliphatic rings. The highest BCUT2D eigenvalue weighted by molar-refractivity contribution is 7.99. The van der Waals surface area contributed by atoms with Crippen molar-refractivity contribution in [1.82, 2.24) is 5.32 Å². The zero-order valence-electron chi connectivity index (χ0n) is 8.87. The van der Waals surface area contributed by atoms with Gasteiger partial charge < -0.3 is 10.4 Å². The second kappa shape index (κ2) is 7.45. The van der Waals surface area contributed by atoms with Gasteiger partial charge in [-0.25, -0.2) is 0 Å². The van der Waals surface area contributed by atoms with Crippen molar-refractivity contribution in [3.8, 4) is 18.1 Å². The highest BCUT2D eigenvalue weighted by Crippen LogP contribution is 2.20. The van der Waals surface area contributed by atoms with E-state index >= 15 is 0 Å². The first-order valence-electron chi connectivity index (χ1n) is 4.93. The maximum Gasteiger partial charge on any atom is 0.120 e. The Balaban J connectivity index is 2.27. The molecule has 0 fully saturated rings. The molecule has 0 bridgehead atoms. The summed E-state index contributed by atoms with van der Waals surface area (Å²) >= 11 is 7.54. The van der Waals surface area contributed by atoms with E-state index in [1.165, 1.54) is 0 Å². The van der Waals surface area contributed by atoms with Crippen LogP contribution in [0.3, 0.4) is 0 Å². The molecule has 0 radical (unpaired) electrons. The van der Waals surface area contributed by atoms with E-state index in [0.717, 1.165) is 23.6 Å². The molecule has 0 unspecified atom stereocenters. The third kappa shape index (κ3) is 4.80. The fraction of sp³-hybridized carbons (Fsp3) is 0.333. The maximum absolute atomic E-state index is 9.55. The Morgan fingerprint density at radius 3 is 3.06 bits per heavy atom. The summed E-state index contributed by atoms with van der Waals surface area (Å²) in [5.74, 6) is 4.55. The monoisotopic (exact) mass is 255 g/mol. The maximum atomic E-state index is 9.55. The molecule has 0 aliphatic carbocycles. The molecule has 0 aromatic heterocycles. The van der Waals surface area contributed by atoms with E-state index < -0.39 is 0 Å². The largest absolute Gasteiger partial charge is 0.508 e. The number of phenols is 1. The van der Waals surface area contributed by atoms with Crippen LogP contribution in [-0.2, 0) is 6.54 Å². The lowest BCUT2D eigenvalue weighted by atomic mass is 10.2. The predicted octanol–water partition coefficient (Wildman–Crippen LogP) is 2.50. The van der Waals surface area contributed by atoms with E-state index in [0.29, 0.717) is 11.6 Å². The third-order valence-electron chi connectivity index (χ3n) is 1.97. The average molecular weight is 256 g/mol. The van der Waals surface area contributed by atoms with Gasteiger partial charge in [0.1, 0.15) is 5.75 Å². The number of halogens is 1. The highest BCUT2D eigenvalue weighted by Gasteiger charge is 2.01. The Morgan fingerprint density at radius 2 is 2.31 bits per heavy atom. The van der Waals surface area contributed by atoms with Crippen molar-refractivity contribution in [2.75, 3.05) is 18.1 Å². The quantitative estimate of drug-likeness (QED) is 0.605. The molecular formula is C12H14ClNOS. The van der Waals surface area contributed by atoms with Crippen molar-refractivity contribution >= 4 is 23.4 Å². The van der Waals surface area contributed by atoms with Crippen LogP contribution in [-0.4, -0.2) is 23.2 Å². The first kappa shape index (κ1) is 13.2. The Bertz CT molecular complexity index is 376. The summed E-state index contributed by atoms with van der Waals surface area (Å²) in [5.41, 5.74) is 0.814. The number of thioether (sulfide) groups is 1. The topological polar surface area (TPSA) is 32.3 Å². The lowest BCUT2D eigenvalue weighted by Gasteiger charge is -2.06. The molecule has 0 aliphatic heterocycles. The van der Waals surface area contributed by atoms with E-state index in [1.54, 1.807) is 30.0 Å². The van der Waals surface area contributed by atoms with Crippen LogP contribution in [0.15, 0.2) is 18.2 Å². The Kier molecular flexibility index (Phi) is 6.17. The van der Waals surface area contributed by atoms with Gasteiger partial charge in [0.05, 0.1) is 5.75 Å². The molecular weight excluding hydrogens is 242 g/mol. The number of benzene rings is 1. The minimum absolute atomic E-state index is 0.271. The van der Waals surface area contributed by atoms with E-state index in [4.69, 9.17) is 18.0 Å². The van der Waals surface area contributed by atoms with E-state index in [2.05, 4.69) is 11.2 Å². The number of phenolic OH excluding ortho intramolecular Hbond substituents is 1. The van der Waals surface area contributed by atoms with Crippen LogP contribution in [0.4, 0.5) is 0 Å². The van der Waals surface area contributed by atoms with Crippen LogP contribution in [0, 0.1) is 12.3 Å². The number of nitrogens with one attached hydrogen (secondary N) is 1. The summed E-state index contributed by atoms with van der Waals surface area (Å²) in [6.07, 6.45) is 5.13. The van der Waals surface area contributed by atoms with Gasteiger partial charge in [0.15, 0.2) is 0 Å². The van der Waals surface area contributed by atoms with Gasteiger partial charge in [-0.2, -0.15) is 0 Å². The lowest BCUT2D eigenvalue weighted by molar-refractivity contribution is 0.465. The molecule has 1 aromatic carbocycles. The summed E-state index contributed by atoms with van der Waals surface area (Å²) < 4.78 is 0. The SMILES string of the molecule is C#CCSCCNCc1cc(Cl)ccc1O. The van der Waals surface area contributed by atoms with Gasteiger partial charge in [-0.05, 0) is 18.2 Å². The molecule has 0 amide bonds. The number of rotatable bonds is 6. The molecule has 86 valence electrons. The van der Waals surface area contributed by atoms with Crippen LogP contribution < -0.4 is 5.32 Å². The van der Waals surface area contributed by atoms with Crippen molar-refractivity contribution < 1.29 is 5.11 Å². The zero-order chi connectivity index (χ0) is 11.8. The third-order valence-corrected chi connectivity index (χ3v) is 3.06. The molecule has 1 aromatic rings. The van der Waals surface area contributed by atoms with Crippen LogP contribution >= 0.6 is 23.4 Å². The van der Waals surface area contributed by atoms with E-state index in [9.17, 15) is 5.11 Å². The fourth-order valence-corrected chi connectivity index (χ4v) is 1.94. The molecule has 4 heteroatoms. The lowest BCUT2D eigenvalue weighted by Crippen LogP contribution is -2.16. The van der Waals surface area contributed by atoms with E-state index in [1.807, 2.05) is 0 Å². The summed E-state index contributed by atoms with van der Waals surface area (Å²) in [5, 5.41) is 13.4. The van der Waals surface area contributed by atoms with Gasteiger partial charge in [-0.3, -0.25) is 0 Å². The number of terminal acetylenes is 1. The molecule has 2 N–H and O–H groups in total. The zero-order valence-corrected chi connectivity index (χ0v) is 10.4. The minimum Gasteiger partial charge on any atom is -0.508 e. The van der Waals surface area contributed by atoms with Crippen molar-refractivity contribution in [3.05, 3.63) is 28.8 Å². The van der Waals surface area contributed by atoms with Crippen molar-refractivity contribution in [2.45, 2.75) is 6.54 Å². The summed E-state index contributed by atoms with van der Waals surface area (Å²) in [6, 6.07) is 5.04. The molecule has 0 heterocycles. The Labute approximate surface area is 105 Å². The minimum atomic E-state index is 0.271. The van der Waals surface area contributed by atoms with Crippen LogP contribution in [0.5, 0.6) is 5.75 Å². The number of hydrogen-bond donors (Lipinski definition) is 2. The number of aromatic hydroxyl groups is 1. The molecule has 1 rings (SSSR count). The van der Waals surface area contributed by atoms with Crippen molar-refractivity contribution in [3.63, 3.8) is 0 Å². The van der Waals surface area contributed by atoms with Crippen LogP contribution in [0.2, 0.25) is 5.02 Å². The number of hydrogen-bond acceptors (Lipinski definition) is 3. The van der Waals surface area contributed by atoms with Gasteiger partial charge in [-0.15, -0.1) is 18.2 Å². The molecule has 16 heavy (non-hydrogen) atoms. The molecule has 0 spiro atoms. The molecule has 0 saturated carbocycles. The Hall–Kier alpha value is -0.820. The van der Waals surface area contributed by atoms with Gasteiger partial charge in [0.25, 0.3) is 0 Å². The van der Waals surface area contributed by atoms with Gasteiger partial charge >= 0.3 is 0 Å². The molecule has 0 atom stereocenters. The van der Waals surface area contributed by atoms with Crippen LogP contribution in [0.25, 0.3) is 0 Å². The molecule has 0 saturated heterocycles. The summed E-state index contributed by atoms with van der Waals surface area (Å²) in [7, 11) is 0. The first-order chi connectivity index (χ1) is 7.74. The second-order valence-corrected chi connectivity index (χ2v) is 4.75. The second-order valence-electron chi connectivity index (χ2n) is 3.21. The van der Waals surface area contributed by atoms with Gasteiger partial charge in [-0.1, -0.05) is 17.5 Å². The van der Waals surface area contributed by atoms with Crippen molar-refractivity contribution in [1.29, 1.82) is 0 Å². The van der Waals surface area contributed by atoms with Gasteiger partial charge in [0.2, 0.25) is 0 Å². The Morgan fingerprint density at radius 1 is 1.50 bits per heavy atom. The molecule has 2 nitrogen and oxygen atoms in total. The first-order valence-corrected chi connectivity index (χ1v) is 6.46. The smallest absolute Gasteiger partial charge is 0.120 e. The van der Waals surface area contributed by atoms with Crippen molar-refractivity contribution in [2.24, 2.45) is 0 Å².